The van der Waals surface area contributed by atoms with Crippen LogP contribution in [0, 0.1) is 0 Å². The molecule has 19 heavy (non-hydrogen) atoms. The topological polar surface area (TPSA) is 32.8 Å². The second kappa shape index (κ2) is 10.7. The van der Waals surface area contributed by atoms with Crippen LogP contribution >= 0.6 is 0 Å². The van der Waals surface area contributed by atoms with E-state index in [1.807, 2.05) is 0 Å². The summed E-state index contributed by atoms with van der Waals surface area (Å²) in [7, 11) is 0. The molecule has 1 rings (SSSR count). The molecule has 1 aliphatic heterocycles. The Labute approximate surface area is 119 Å². The predicted molar refractivity (Wildman–Crippen MR) is 81.5 cm³/mol. The van der Waals surface area contributed by atoms with E-state index in [4.69, 9.17) is 9.84 Å². The molecule has 1 N–H and O–H groups in total. The summed E-state index contributed by atoms with van der Waals surface area (Å²) in [6.45, 7) is 3.27. The summed E-state index contributed by atoms with van der Waals surface area (Å²) in [6.07, 6.45) is 17.7. The zero-order valence-corrected chi connectivity index (χ0v) is 13.0. The van der Waals surface area contributed by atoms with Crippen LogP contribution < -0.4 is 0 Å². The first kappa shape index (κ1) is 17.0. The fraction of sp³-hybridized carbons (Fsp3) is 1.00. The van der Waals surface area contributed by atoms with Gasteiger partial charge in [0.15, 0.2) is 0 Å². The zero-order chi connectivity index (χ0) is 13.8. The Morgan fingerprint density at radius 3 is 1.58 bits per heavy atom. The number of hydrogen-bond donors (Lipinski definition) is 1. The van der Waals surface area contributed by atoms with Gasteiger partial charge < -0.3 is 9.84 Å². The monoisotopic (exact) mass is 270 g/mol. The first-order valence-electron chi connectivity index (χ1n) is 8.58. The smallest absolute Gasteiger partial charge is 0.115 e. The highest BCUT2D eigenvalue weighted by atomic mass is 16.6. The van der Waals surface area contributed by atoms with E-state index in [2.05, 4.69) is 6.92 Å². The van der Waals surface area contributed by atoms with Crippen molar-refractivity contribution in [3.63, 3.8) is 0 Å². The molecule has 0 radical (unpaired) electrons. The molecule has 1 aliphatic rings. The standard InChI is InChI=1S/C17H34O2/c1-2-3-4-5-6-7-8-9-10-11-12-13-14-17(15-18)16-19-17/h18H,2-16H2,1H3. The third-order valence-electron chi connectivity index (χ3n) is 4.33. The Morgan fingerprint density at radius 2 is 1.21 bits per heavy atom. The lowest BCUT2D eigenvalue weighted by atomic mass is 10.0. The summed E-state index contributed by atoms with van der Waals surface area (Å²) in [5, 5.41) is 9.11. The maximum Gasteiger partial charge on any atom is 0.115 e. The van der Waals surface area contributed by atoms with Gasteiger partial charge in [-0.2, -0.15) is 0 Å². The molecule has 0 saturated carbocycles. The van der Waals surface area contributed by atoms with E-state index in [0.29, 0.717) is 0 Å². The number of rotatable bonds is 14. The second-order valence-electron chi connectivity index (χ2n) is 6.27. The molecule has 0 aromatic heterocycles. The lowest BCUT2D eigenvalue weighted by Gasteiger charge is -2.07. The summed E-state index contributed by atoms with van der Waals surface area (Å²) >= 11 is 0. The molecule has 2 heteroatoms. The third-order valence-corrected chi connectivity index (χ3v) is 4.33. The van der Waals surface area contributed by atoms with Gasteiger partial charge in [-0.3, -0.25) is 0 Å². The van der Waals surface area contributed by atoms with Crippen LogP contribution in [0.2, 0.25) is 0 Å². The predicted octanol–water partition coefficient (Wildman–Crippen LogP) is 4.84. The quantitative estimate of drug-likeness (QED) is 0.362. The highest BCUT2D eigenvalue weighted by Gasteiger charge is 2.43. The molecule has 1 unspecified atom stereocenters. The minimum Gasteiger partial charge on any atom is -0.393 e. The second-order valence-corrected chi connectivity index (χ2v) is 6.27. The van der Waals surface area contributed by atoms with Crippen LogP contribution in [0.25, 0.3) is 0 Å². The minimum absolute atomic E-state index is 0.113. The van der Waals surface area contributed by atoms with Gasteiger partial charge in [0, 0.05) is 0 Å². The summed E-state index contributed by atoms with van der Waals surface area (Å²) < 4.78 is 5.30. The van der Waals surface area contributed by atoms with Crippen LogP contribution in [0.5, 0.6) is 0 Å². The Balaban J connectivity index is 1.70. The summed E-state index contributed by atoms with van der Waals surface area (Å²) in [6, 6.07) is 0. The zero-order valence-electron chi connectivity index (χ0n) is 13.0. The van der Waals surface area contributed by atoms with Crippen LogP contribution in [0.3, 0.4) is 0 Å². The van der Waals surface area contributed by atoms with Gasteiger partial charge in [-0.25, -0.2) is 0 Å². The van der Waals surface area contributed by atoms with Gasteiger partial charge in [0.2, 0.25) is 0 Å². The van der Waals surface area contributed by atoms with E-state index in [9.17, 15) is 0 Å². The number of ether oxygens (including phenoxy) is 1. The maximum absolute atomic E-state index is 9.11. The van der Waals surface area contributed by atoms with E-state index < -0.39 is 0 Å². The lowest BCUT2D eigenvalue weighted by molar-refractivity contribution is 0.161. The average molecular weight is 270 g/mol. The van der Waals surface area contributed by atoms with Crippen LogP contribution in [-0.2, 0) is 4.74 Å². The van der Waals surface area contributed by atoms with Crippen molar-refractivity contribution in [3.8, 4) is 0 Å². The molecule has 0 spiro atoms. The van der Waals surface area contributed by atoms with Gasteiger partial charge in [0.25, 0.3) is 0 Å². The molecule has 0 aromatic rings. The van der Waals surface area contributed by atoms with E-state index in [1.165, 1.54) is 77.0 Å². The van der Waals surface area contributed by atoms with Crippen LogP contribution in [0.15, 0.2) is 0 Å². The lowest BCUT2D eigenvalue weighted by Crippen LogP contribution is -2.16. The van der Waals surface area contributed by atoms with Gasteiger partial charge in [0.1, 0.15) is 5.60 Å². The molecule has 0 amide bonds. The van der Waals surface area contributed by atoms with Gasteiger partial charge in [-0.1, -0.05) is 84.0 Å². The van der Waals surface area contributed by atoms with Crippen molar-refractivity contribution in [3.05, 3.63) is 0 Å². The highest BCUT2D eigenvalue weighted by Crippen LogP contribution is 2.32. The average Bonchev–Trinajstić information content (AvgIpc) is 3.21. The van der Waals surface area contributed by atoms with E-state index in [0.717, 1.165) is 13.0 Å². The molecule has 1 fully saturated rings. The fourth-order valence-corrected chi connectivity index (χ4v) is 2.70. The van der Waals surface area contributed by atoms with Gasteiger partial charge in [-0.05, 0) is 6.42 Å². The number of unbranched alkanes of at least 4 members (excludes halogenated alkanes) is 11. The SMILES string of the molecule is CCCCCCCCCCCCCCC1(CO)CO1. The molecular formula is C17H34O2. The Hall–Kier alpha value is -0.0800. The Kier molecular flexibility index (Phi) is 9.54. The molecule has 1 atom stereocenters. The van der Waals surface area contributed by atoms with Gasteiger partial charge >= 0.3 is 0 Å². The van der Waals surface area contributed by atoms with Gasteiger partial charge in [0.05, 0.1) is 13.2 Å². The van der Waals surface area contributed by atoms with Crippen molar-refractivity contribution in [2.24, 2.45) is 0 Å². The van der Waals surface area contributed by atoms with E-state index >= 15 is 0 Å². The number of aliphatic hydroxyl groups is 1. The normalized spacial score (nSPS) is 21.8. The van der Waals surface area contributed by atoms with Crippen LogP contribution in [0.4, 0.5) is 0 Å². The number of aliphatic hydroxyl groups excluding tert-OH is 1. The molecule has 0 bridgehead atoms. The molecule has 1 saturated heterocycles. The summed E-state index contributed by atoms with van der Waals surface area (Å²) in [5.41, 5.74) is -0.113. The summed E-state index contributed by atoms with van der Waals surface area (Å²) in [5.74, 6) is 0. The molecular weight excluding hydrogens is 236 g/mol. The number of hydrogen-bond acceptors (Lipinski definition) is 2. The highest BCUT2D eigenvalue weighted by molar-refractivity contribution is 4.90. The van der Waals surface area contributed by atoms with Gasteiger partial charge in [-0.15, -0.1) is 0 Å². The molecule has 0 aromatic carbocycles. The maximum atomic E-state index is 9.11. The molecule has 2 nitrogen and oxygen atoms in total. The van der Waals surface area contributed by atoms with Crippen LogP contribution in [-0.4, -0.2) is 23.9 Å². The largest absolute Gasteiger partial charge is 0.393 e. The van der Waals surface area contributed by atoms with Crippen LogP contribution in [0.1, 0.15) is 90.4 Å². The first-order chi connectivity index (χ1) is 9.33. The molecule has 114 valence electrons. The Bertz CT molecular complexity index is 199. The molecule has 1 heterocycles. The third kappa shape index (κ3) is 8.65. The van der Waals surface area contributed by atoms with E-state index in [1.54, 1.807) is 0 Å². The van der Waals surface area contributed by atoms with Crippen molar-refractivity contribution in [1.29, 1.82) is 0 Å². The van der Waals surface area contributed by atoms with Crippen molar-refractivity contribution in [1.82, 2.24) is 0 Å². The number of epoxide rings is 1. The molecule has 0 aliphatic carbocycles. The Morgan fingerprint density at radius 1 is 0.789 bits per heavy atom. The fourth-order valence-electron chi connectivity index (χ4n) is 2.70. The van der Waals surface area contributed by atoms with Crippen molar-refractivity contribution < 1.29 is 9.84 Å². The van der Waals surface area contributed by atoms with E-state index in [-0.39, 0.29) is 12.2 Å². The van der Waals surface area contributed by atoms with Crippen molar-refractivity contribution in [2.75, 3.05) is 13.2 Å². The van der Waals surface area contributed by atoms with Crippen molar-refractivity contribution >= 4 is 0 Å². The summed E-state index contributed by atoms with van der Waals surface area (Å²) in [4.78, 5) is 0. The first-order valence-corrected chi connectivity index (χ1v) is 8.58. The van der Waals surface area contributed by atoms with Crippen molar-refractivity contribution in [2.45, 2.75) is 96.0 Å². The minimum atomic E-state index is -0.113.